The van der Waals surface area contributed by atoms with Crippen LogP contribution in [0.3, 0.4) is 0 Å². The molecule has 0 aliphatic carbocycles. The second kappa shape index (κ2) is 9.25. The first-order valence-corrected chi connectivity index (χ1v) is 9.71. The summed E-state index contributed by atoms with van der Waals surface area (Å²) in [6.07, 6.45) is -0.270. The molecule has 3 N–H and O–H groups in total. The third-order valence-corrected chi connectivity index (χ3v) is 5.04. The number of imide groups is 2. The summed E-state index contributed by atoms with van der Waals surface area (Å²) in [4.78, 5) is 60.2. The van der Waals surface area contributed by atoms with Gasteiger partial charge >= 0.3 is 12.1 Å². The van der Waals surface area contributed by atoms with E-state index < -0.39 is 34.3 Å². The van der Waals surface area contributed by atoms with Crippen LogP contribution in [0, 0.1) is 10.1 Å². The first-order valence-electron chi connectivity index (χ1n) is 9.71. The summed E-state index contributed by atoms with van der Waals surface area (Å²) in [5.41, 5.74) is -0.336. The fraction of sp³-hybridized carbons (Fsp3) is 0.238. The predicted molar refractivity (Wildman–Crippen MR) is 112 cm³/mol. The molecule has 1 unspecified atom stereocenters. The van der Waals surface area contributed by atoms with Crippen molar-refractivity contribution in [1.29, 1.82) is 0 Å². The molecule has 2 aromatic rings. The molecule has 0 bridgehead atoms. The lowest BCUT2D eigenvalue weighted by atomic mass is 9.92. The van der Waals surface area contributed by atoms with Crippen molar-refractivity contribution in [3.8, 4) is 0 Å². The maximum Gasteiger partial charge on any atom is 0.325 e. The van der Waals surface area contributed by atoms with Gasteiger partial charge in [-0.1, -0.05) is 30.3 Å². The van der Waals surface area contributed by atoms with E-state index in [1.165, 1.54) is 31.2 Å². The van der Waals surface area contributed by atoms with Gasteiger partial charge in [0.25, 0.3) is 11.6 Å². The topological polar surface area (TPSA) is 151 Å². The summed E-state index contributed by atoms with van der Waals surface area (Å²) < 4.78 is 0. The van der Waals surface area contributed by atoms with Crippen LogP contribution in [0.4, 0.5) is 15.3 Å². The third kappa shape index (κ3) is 4.89. The lowest BCUT2D eigenvalue weighted by Crippen LogP contribution is -2.42. The highest BCUT2D eigenvalue weighted by Crippen LogP contribution is 2.30. The second-order valence-corrected chi connectivity index (χ2v) is 7.28. The van der Waals surface area contributed by atoms with Crippen LogP contribution in [-0.2, 0) is 21.7 Å². The highest BCUT2D eigenvalue weighted by Gasteiger charge is 2.48. The average molecular weight is 439 g/mol. The molecule has 1 aliphatic heterocycles. The first-order chi connectivity index (χ1) is 15.2. The molecule has 6 amide bonds. The number of amides is 6. The molecule has 0 spiro atoms. The number of benzene rings is 2. The van der Waals surface area contributed by atoms with E-state index in [1.54, 1.807) is 0 Å². The summed E-state index contributed by atoms with van der Waals surface area (Å²) in [6.45, 7) is 1.48. The quantitative estimate of drug-likeness (QED) is 0.340. The van der Waals surface area contributed by atoms with Crippen molar-refractivity contribution in [2.24, 2.45) is 0 Å². The molecular weight excluding hydrogens is 418 g/mol. The van der Waals surface area contributed by atoms with Gasteiger partial charge in [0, 0.05) is 31.6 Å². The number of hydrogen-bond donors (Lipinski definition) is 3. The zero-order valence-corrected chi connectivity index (χ0v) is 17.2. The van der Waals surface area contributed by atoms with E-state index >= 15 is 0 Å². The van der Waals surface area contributed by atoms with Crippen LogP contribution in [0.25, 0.3) is 0 Å². The van der Waals surface area contributed by atoms with Crippen LogP contribution in [0.2, 0.25) is 0 Å². The van der Waals surface area contributed by atoms with E-state index in [2.05, 4.69) is 16.0 Å². The number of nitrogens with zero attached hydrogens (tertiary/aromatic N) is 2. The van der Waals surface area contributed by atoms with Gasteiger partial charge in [-0.05, 0) is 30.2 Å². The minimum Gasteiger partial charge on any atom is -0.334 e. The van der Waals surface area contributed by atoms with E-state index in [9.17, 15) is 29.3 Å². The zero-order valence-electron chi connectivity index (χ0n) is 17.2. The maximum absolute atomic E-state index is 12.8. The Labute approximate surface area is 182 Å². The Morgan fingerprint density at radius 2 is 1.75 bits per heavy atom. The molecule has 1 atom stereocenters. The van der Waals surface area contributed by atoms with E-state index in [0.717, 1.165) is 10.5 Å². The number of nitro benzene ring substituents is 1. The monoisotopic (exact) mass is 439 g/mol. The van der Waals surface area contributed by atoms with Crippen molar-refractivity contribution in [2.75, 3.05) is 6.54 Å². The van der Waals surface area contributed by atoms with Crippen molar-refractivity contribution < 1.29 is 24.1 Å². The van der Waals surface area contributed by atoms with E-state index in [1.807, 2.05) is 30.3 Å². The lowest BCUT2D eigenvalue weighted by Gasteiger charge is -2.22. The van der Waals surface area contributed by atoms with Crippen molar-refractivity contribution in [2.45, 2.75) is 25.4 Å². The van der Waals surface area contributed by atoms with Gasteiger partial charge in [-0.15, -0.1) is 0 Å². The molecule has 0 aromatic heterocycles. The highest BCUT2D eigenvalue weighted by molar-refractivity contribution is 6.07. The summed E-state index contributed by atoms with van der Waals surface area (Å²) >= 11 is 0. The van der Waals surface area contributed by atoms with Gasteiger partial charge in [0.1, 0.15) is 5.54 Å². The molecule has 1 saturated heterocycles. The molecule has 166 valence electrons. The number of nitro groups is 1. The van der Waals surface area contributed by atoms with Gasteiger partial charge in [0.15, 0.2) is 0 Å². The van der Waals surface area contributed by atoms with Crippen LogP contribution >= 0.6 is 0 Å². The molecule has 0 radical (unpaired) electrons. The molecule has 1 fully saturated rings. The number of hydrogen-bond acceptors (Lipinski definition) is 6. The van der Waals surface area contributed by atoms with E-state index in [4.69, 9.17) is 0 Å². The third-order valence-electron chi connectivity index (χ3n) is 5.04. The Balaban J connectivity index is 1.54. The molecule has 32 heavy (non-hydrogen) atoms. The fourth-order valence-electron chi connectivity index (χ4n) is 3.24. The van der Waals surface area contributed by atoms with Gasteiger partial charge in [-0.25, -0.2) is 9.59 Å². The fourth-order valence-corrected chi connectivity index (χ4v) is 3.24. The second-order valence-electron chi connectivity index (χ2n) is 7.28. The molecule has 2 aromatic carbocycles. The van der Waals surface area contributed by atoms with Crippen LogP contribution in [0.5, 0.6) is 0 Å². The van der Waals surface area contributed by atoms with Crippen LogP contribution in [0.1, 0.15) is 24.5 Å². The van der Waals surface area contributed by atoms with Crippen molar-refractivity contribution in [3.05, 3.63) is 75.8 Å². The lowest BCUT2D eigenvalue weighted by molar-refractivity contribution is -0.384. The van der Waals surface area contributed by atoms with Crippen LogP contribution in [-0.4, -0.2) is 40.2 Å². The largest absolute Gasteiger partial charge is 0.334 e. The van der Waals surface area contributed by atoms with Crippen LogP contribution < -0.4 is 16.0 Å². The van der Waals surface area contributed by atoms with Gasteiger partial charge in [-0.2, -0.15) is 0 Å². The molecule has 3 rings (SSSR count). The van der Waals surface area contributed by atoms with Gasteiger partial charge in [0.2, 0.25) is 5.91 Å². The summed E-state index contributed by atoms with van der Waals surface area (Å²) in [7, 11) is 0. The Kier molecular flexibility index (Phi) is 6.47. The minimum absolute atomic E-state index is 0.145. The smallest absolute Gasteiger partial charge is 0.325 e. The SMILES string of the molecule is CC1(c2ccc([N+](=O)[O-])cc2)NC(=O)N(CCC(=O)NC(=O)NCc2ccccc2)C1=O. The van der Waals surface area contributed by atoms with Gasteiger partial charge in [-0.3, -0.25) is 29.9 Å². The summed E-state index contributed by atoms with van der Waals surface area (Å²) in [5, 5.41) is 18.1. The molecular formula is C21H21N5O6. The number of carbonyl (C=O) groups is 4. The first kappa shape index (κ1) is 22.4. The average Bonchev–Trinajstić information content (AvgIpc) is 3.00. The van der Waals surface area contributed by atoms with Crippen molar-refractivity contribution in [3.63, 3.8) is 0 Å². The predicted octanol–water partition coefficient (Wildman–Crippen LogP) is 1.78. The Hall–Kier alpha value is -4.28. The number of rotatable bonds is 7. The van der Waals surface area contributed by atoms with E-state index in [0.29, 0.717) is 5.56 Å². The normalized spacial score (nSPS) is 17.6. The minimum atomic E-state index is -1.42. The standard InChI is InChI=1S/C21H21N5O6/c1-21(15-7-9-16(10-8-15)26(31)32)18(28)25(20(30)24-21)12-11-17(27)23-19(29)22-13-14-5-3-2-4-6-14/h2-10H,11-13H2,1H3,(H,24,30)(H2,22,23,27,29). The molecule has 1 heterocycles. The summed E-state index contributed by atoms with van der Waals surface area (Å²) in [5.74, 6) is -1.25. The van der Waals surface area contributed by atoms with E-state index in [-0.39, 0.29) is 25.2 Å². The number of carbonyl (C=O) groups excluding carboxylic acids is 4. The van der Waals surface area contributed by atoms with Crippen LogP contribution in [0.15, 0.2) is 54.6 Å². The molecule has 11 nitrogen and oxygen atoms in total. The zero-order chi connectivity index (χ0) is 23.3. The number of urea groups is 2. The van der Waals surface area contributed by atoms with Crippen molar-refractivity contribution >= 4 is 29.6 Å². The summed E-state index contributed by atoms with van der Waals surface area (Å²) in [6, 6.07) is 13.0. The number of nitrogens with one attached hydrogen (secondary N) is 3. The molecule has 1 aliphatic rings. The Morgan fingerprint density at radius 1 is 1.09 bits per heavy atom. The highest BCUT2D eigenvalue weighted by atomic mass is 16.6. The molecule has 0 saturated carbocycles. The molecule has 11 heteroatoms. The number of non-ortho nitro benzene ring substituents is 1. The maximum atomic E-state index is 12.8. The van der Waals surface area contributed by atoms with Gasteiger partial charge in [0.05, 0.1) is 4.92 Å². The van der Waals surface area contributed by atoms with Gasteiger partial charge < -0.3 is 10.6 Å². The Bertz CT molecular complexity index is 1060. The Morgan fingerprint density at radius 3 is 2.38 bits per heavy atom. The van der Waals surface area contributed by atoms with Crippen molar-refractivity contribution in [1.82, 2.24) is 20.9 Å².